The van der Waals surface area contributed by atoms with E-state index in [-0.39, 0.29) is 5.41 Å². The summed E-state index contributed by atoms with van der Waals surface area (Å²) < 4.78 is 0. The zero-order valence-electron chi connectivity index (χ0n) is 13.2. The van der Waals surface area contributed by atoms with Gasteiger partial charge in [0, 0.05) is 12.6 Å². The fraction of sp³-hybridized carbons (Fsp3) is 0.632. The molecule has 1 aromatic carbocycles. The van der Waals surface area contributed by atoms with Crippen molar-refractivity contribution in [3.8, 4) is 0 Å². The molecule has 1 saturated heterocycles. The average Bonchev–Trinajstić information content (AvgIpc) is 3.00. The van der Waals surface area contributed by atoms with Gasteiger partial charge in [-0.2, -0.15) is 0 Å². The number of amides is 1. The topological polar surface area (TPSA) is 41.1 Å². The van der Waals surface area contributed by atoms with Gasteiger partial charge in [0.25, 0.3) is 0 Å². The molecule has 1 aliphatic heterocycles. The van der Waals surface area contributed by atoms with Crippen molar-refractivity contribution in [3.05, 3.63) is 35.4 Å². The van der Waals surface area contributed by atoms with Crippen molar-refractivity contribution >= 4 is 5.91 Å². The van der Waals surface area contributed by atoms with E-state index in [2.05, 4.69) is 34.9 Å². The maximum Gasteiger partial charge on any atom is 0.228 e. The van der Waals surface area contributed by atoms with E-state index in [1.54, 1.807) is 0 Å². The minimum atomic E-state index is -0.116. The quantitative estimate of drug-likeness (QED) is 0.880. The Kier molecular flexibility index (Phi) is 3.69. The fourth-order valence-electron chi connectivity index (χ4n) is 4.84. The number of benzene rings is 1. The number of hydrogen-bond acceptors (Lipinski definition) is 2. The van der Waals surface area contributed by atoms with Gasteiger partial charge in [0.05, 0.1) is 5.41 Å². The summed E-state index contributed by atoms with van der Waals surface area (Å²) in [5, 5.41) is 6.89. The van der Waals surface area contributed by atoms with Gasteiger partial charge in [0.15, 0.2) is 0 Å². The molecule has 0 bridgehead atoms. The maximum absolute atomic E-state index is 13.0. The molecule has 3 nitrogen and oxygen atoms in total. The second-order valence-electron chi connectivity index (χ2n) is 7.41. The summed E-state index contributed by atoms with van der Waals surface area (Å²) in [6, 6.07) is 8.99. The summed E-state index contributed by atoms with van der Waals surface area (Å²) in [5.74, 6) is 0.878. The van der Waals surface area contributed by atoms with Crippen LogP contribution in [0.15, 0.2) is 24.3 Å². The minimum absolute atomic E-state index is 0.116. The first kappa shape index (κ1) is 14.3. The number of nitrogens with one attached hydrogen (secondary N) is 2. The van der Waals surface area contributed by atoms with Crippen LogP contribution in [0.5, 0.6) is 0 Å². The second-order valence-corrected chi connectivity index (χ2v) is 7.41. The molecule has 1 heterocycles. The monoisotopic (exact) mass is 298 g/mol. The van der Waals surface area contributed by atoms with Gasteiger partial charge in [0.2, 0.25) is 5.91 Å². The third kappa shape index (κ3) is 2.36. The number of hydrogen-bond donors (Lipinski definition) is 2. The van der Waals surface area contributed by atoms with Crippen LogP contribution >= 0.6 is 0 Å². The number of fused-ring (bicyclic) bond motifs is 2. The van der Waals surface area contributed by atoms with E-state index in [0.29, 0.717) is 17.9 Å². The van der Waals surface area contributed by atoms with Gasteiger partial charge in [-0.05, 0) is 55.7 Å². The van der Waals surface area contributed by atoms with Gasteiger partial charge in [-0.15, -0.1) is 0 Å². The van der Waals surface area contributed by atoms with Crippen LogP contribution in [0.25, 0.3) is 0 Å². The van der Waals surface area contributed by atoms with Crippen LogP contribution in [0.3, 0.4) is 0 Å². The standard InChI is InChI=1S/C19H26N2O/c22-18(19-10-4-3-7-16(19)12-20-13-19)21-17-9-8-14-5-1-2-6-15(14)11-17/h1-2,5-6,16-17,20H,3-4,7-13H2,(H,21,22)/t16-,17?,19+/m0/s1. The van der Waals surface area contributed by atoms with E-state index in [1.807, 2.05) is 0 Å². The average molecular weight is 298 g/mol. The molecule has 1 amide bonds. The third-order valence-electron chi connectivity index (χ3n) is 6.17. The lowest BCUT2D eigenvalue weighted by Crippen LogP contribution is -2.51. The van der Waals surface area contributed by atoms with Crippen LogP contribution in [0.4, 0.5) is 0 Å². The predicted molar refractivity (Wildman–Crippen MR) is 87.7 cm³/mol. The summed E-state index contributed by atoms with van der Waals surface area (Å²) >= 11 is 0. The lowest BCUT2D eigenvalue weighted by Gasteiger charge is -2.39. The molecule has 3 atom stereocenters. The summed E-state index contributed by atoms with van der Waals surface area (Å²) in [7, 11) is 0. The third-order valence-corrected chi connectivity index (χ3v) is 6.17. The highest BCUT2D eigenvalue weighted by atomic mass is 16.2. The van der Waals surface area contributed by atoms with Crippen LogP contribution in [-0.2, 0) is 17.6 Å². The van der Waals surface area contributed by atoms with Crippen molar-refractivity contribution < 1.29 is 4.79 Å². The van der Waals surface area contributed by atoms with Crippen LogP contribution < -0.4 is 10.6 Å². The van der Waals surface area contributed by atoms with E-state index in [0.717, 1.165) is 38.8 Å². The summed E-state index contributed by atoms with van der Waals surface area (Å²) in [4.78, 5) is 13.0. The largest absolute Gasteiger partial charge is 0.352 e. The number of carbonyl (C=O) groups is 1. The van der Waals surface area contributed by atoms with Gasteiger partial charge in [-0.3, -0.25) is 4.79 Å². The molecule has 1 aromatic rings. The Morgan fingerprint density at radius 2 is 2.05 bits per heavy atom. The van der Waals surface area contributed by atoms with Gasteiger partial charge in [-0.1, -0.05) is 37.1 Å². The van der Waals surface area contributed by atoms with Crippen LogP contribution in [-0.4, -0.2) is 25.0 Å². The highest BCUT2D eigenvalue weighted by Crippen LogP contribution is 2.44. The molecular formula is C19H26N2O. The molecule has 1 saturated carbocycles. The first-order chi connectivity index (χ1) is 10.8. The van der Waals surface area contributed by atoms with Crippen molar-refractivity contribution in [2.75, 3.05) is 13.1 Å². The first-order valence-electron chi connectivity index (χ1n) is 8.86. The summed E-state index contributed by atoms with van der Waals surface area (Å²) in [5.41, 5.74) is 2.76. The molecule has 3 aliphatic rings. The number of carbonyl (C=O) groups excluding carboxylic acids is 1. The van der Waals surface area contributed by atoms with Crippen molar-refractivity contribution in [3.63, 3.8) is 0 Å². The molecule has 3 heteroatoms. The lowest BCUT2D eigenvalue weighted by molar-refractivity contribution is -0.134. The molecule has 118 valence electrons. The van der Waals surface area contributed by atoms with Crippen LogP contribution in [0.2, 0.25) is 0 Å². The SMILES string of the molecule is O=C(NC1CCc2ccccc2C1)[C@@]12CCCC[C@H]1CNC2. The van der Waals surface area contributed by atoms with Crippen molar-refractivity contribution in [2.45, 2.75) is 51.0 Å². The van der Waals surface area contributed by atoms with Gasteiger partial charge >= 0.3 is 0 Å². The Morgan fingerprint density at radius 1 is 1.18 bits per heavy atom. The van der Waals surface area contributed by atoms with Crippen molar-refractivity contribution in [1.29, 1.82) is 0 Å². The second kappa shape index (κ2) is 5.69. The van der Waals surface area contributed by atoms with Gasteiger partial charge in [-0.25, -0.2) is 0 Å². The molecule has 2 fully saturated rings. The van der Waals surface area contributed by atoms with Gasteiger partial charge in [0.1, 0.15) is 0 Å². The van der Waals surface area contributed by atoms with Crippen molar-refractivity contribution in [1.82, 2.24) is 10.6 Å². The molecule has 0 radical (unpaired) electrons. The maximum atomic E-state index is 13.0. The minimum Gasteiger partial charge on any atom is -0.352 e. The summed E-state index contributed by atoms with van der Waals surface area (Å²) in [6.45, 7) is 1.91. The molecule has 0 spiro atoms. The van der Waals surface area contributed by atoms with Crippen LogP contribution in [0, 0.1) is 11.3 Å². The zero-order valence-corrected chi connectivity index (χ0v) is 13.2. The Hall–Kier alpha value is -1.35. The Labute approximate surface area is 132 Å². The summed E-state index contributed by atoms with van der Waals surface area (Å²) in [6.07, 6.45) is 7.95. The number of rotatable bonds is 2. The van der Waals surface area contributed by atoms with E-state index in [9.17, 15) is 4.79 Å². The zero-order chi connectivity index (χ0) is 15.0. The molecule has 2 aliphatic carbocycles. The molecule has 2 N–H and O–H groups in total. The molecule has 4 rings (SSSR count). The molecular weight excluding hydrogens is 272 g/mol. The Balaban J connectivity index is 1.46. The molecule has 0 aromatic heterocycles. The number of aryl methyl sites for hydroxylation is 1. The fourth-order valence-corrected chi connectivity index (χ4v) is 4.84. The Morgan fingerprint density at radius 3 is 2.95 bits per heavy atom. The first-order valence-corrected chi connectivity index (χ1v) is 8.86. The highest BCUT2D eigenvalue weighted by molar-refractivity contribution is 5.84. The van der Waals surface area contributed by atoms with E-state index >= 15 is 0 Å². The Bertz CT molecular complexity index is 570. The van der Waals surface area contributed by atoms with E-state index in [1.165, 1.54) is 30.4 Å². The van der Waals surface area contributed by atoms with E-state index < -0.39 is 0 Å². The highest BCUT2D eigenvalue weighted by Gasteiger charge is 2.50. The smallest absolute Gasteiger partial charge is 0.228 e. The normalized spacial score (nSPS) is 33.8. The van der Waals surface area contributed by atoms with Crippen LogP contribution in [0.1, 0.15) is 43.2 Å². The lowest BCUT2D eigenvalue weighted by atomic mass is 9.67. The molecule has 22 heavy (non-hydrogen) atoms. The van der Waals surface area contributed by atoms with Crippen molar-refractivity contribution in [2.24, 2.45) is 11.3 Å². The van der Waals surface area contributed by atoms with E-state index in [4.69, 9.17) is 0 Å². The van der Waals surface area contributed by atoms with Gasteiger partial charge < -0.3 is 10.6 Å². The predicted octanol–water partition coefficient (Wildman–Crippen LogP) is 2.44. The molecule has 1 unspecified atom stereocenters.